The van der Waals surface area contributed by atoms with Crippen molar-refractivity contribution in [2.75, 3.05) is 5.32 Å². The van der Waals surface area contributed by atoms with Gasteiger partial charge in [-0.15, -0.1) is 0 Å². The highest BCUT2D eigenvalue weighted by Crippen LogP contribution is 2.21. The zero-order chi connectivity index (χ0) is 10.8. The normalized spacial score (nSPS) is 14.0. The molecule has 0 fully saturated rings. The van der Waals surface area contributed by atoms with Crippen LogP contribution in [-0.2, 0) is 16.1 Å². The summed E-state index contributed by atoms with van der Waals surface area (Å²) in [6.07, 6.45) is 2.42. The minimum absolute atomic E-state index is 0.124. The van der Waals surface area contributed by atoms with E-state index in [1.165, 1.54) is 0 Å². The number of anilines is 1. The number of nitrogens with zero attached hydrogens (tertiary/aromatic N) is 1. The second-order valence-electron chi connectivity index (χ2n) is 3.16. The van der Waals surface area contributed by atoms with E-state index in [1.54, 1.807) is 16.8 Å². The average molecular weight is 207 g/mol. The van der Waals surface area contributed by atoms with Gasteiger partial charge in [0.2, 0.25) is 12.3 Å². The lowest BCUT2D eigenvalue weighted by Crippen LogP contribution is -2.27. The summed E-state index contributed by atoms with van der Waals surface area (Å²) in [6, 6.07) is 1.57. The minimum Gasteiger partial charge on any atom is -0.333 e. The van der Waals surface area contributed by atoms with Crippen molar-refractivity contribution in [3.05, 3.63) is 17.8 Å². The van der Waals surface area contributed by atoms with Crippen LogP contribution in [0.5, 0.6) is 0 Å². The standard InChI is InChI=1S/C9H9N3O3/c13-5-10-9(15)6-1-3-12-4-2-7(14)11-8(6)12/h1,3,5H,2,4H2,(H,11,14)(H,10,13,15). The molecule has 0 radical (unpaired) electrons. The summed E-state index contributed by atoms with van der Waals surface area (Å²) >= 11 is 0. The van der Waals surface area contributed by atoms with Crippen LogP contribution in [0.4, 0.5) is 5.82 Å². The van der Waals surface area contributed by atoms with E-state index < -0.39 is 5.91 Å². The molecule has 0 spiro atoms. The molecule has 2 rings (SSSR count). The van der Waals surface area contributed by atoms with Gasteiger partial charge in [-0.05, 0) is 6.07 Å². The van der Waals surface area contributed by atoms with Crippen LogP contribution in [0.15, 0.2) is 12.3 Å². The largest absolute Gasteiger partial charge is 0.333 e. The van der Waals surface area contributed by atoms with Crippen LogP contribution in [-0.4, -0.2) is 22.8 Å². The lowest BCUT2D eigenvalue weighted by molar-refractivity contribution is -0.116. The van der Waals surface area contributed by atoms with Crippen LogP contribution < -0.4 is 10.6 Å². The summed E-state index contributed by atoms with van der Waals surface area (Å²) in [4.78, 5) is 32.6. The third-order valence-corrected chi connectivity index (χ3v) is 2.24. The van der Waals surface area contributed by atoms with Gasteiger partial charge in [-0.25, -0.2) is 0 Å². The van der Waals surface area contributed by atoms with E-state index in [9.17, 15) is 14.4 Å². The number of hydrogen-bond acceptors (Lipinski definition) is 3. The number of rotatable bonds is 2. The Bertz CT molecular complexity index is 436. The number of carbonyl (C=O) groups excluding carboxylic acids is 3. The van der Waals surface area contributed by atoms with Crippen LogP contribution in [0.2, 0.25) is 0 Å². The Hall–Kier alpha value is -2.11. The van der Waals surface area contributed by atoms with Gasteiger partial charge < -0.3 is 9.88 Å². The molecule has 0 bridgehead atoms. The van der Waals surface area contributed by atoms with Crippen LogP contribution in [0.25, 0.3) is 0 Å². The van der Waals surface area contributed by atoms with Gasteiger partial charge in [0.05, 0.1) is 5.56 Å². The summed E-state index contributed by atoms with van der Waals surface area (Å²) in [6.45, 7) is 0.551. The topological polar surface area (TPSA) is 80.2 Å². The number of imide groups is 1. The van der Waals surface area contributed by atoms with E-state index >= 15 is 0 Å². The lowest BCUT2D eigenvalue weighted by Gasteiger charge is -2.16. The molecule has 0 aliphatic carbocycles. The van der Waals surface area contributed by atoms with E-state index in [4.69, 9.17) is 0 Å². The number of nitrogens with one attached hydrogen (secondary N) is 2. The Morgan fingerprint density at radius 2 is 2.40 bits per heavy atom. The van der Waals surface area contributed by atoms with Gasteiger partial charge in [0.15, 0.2) is 0 Å². The summed E-state index contributed by atoms with van der Waals surface area (Å²) in [7, 11) is 0. The maximum atomic E-state index is 11.4. The van der Waals surface area contributed by atoms with Crippen molar-refractivity contribution >= 4 is 24.0 Å². The number of hydrogen-bond donors (Lipinski definition) is 2. The van der Waals surface area contributed by atoms with Crippen LogP contribution in [0.1, 0.15) is 16.8 Å². The SMILES string of the molecule is O=CNC(=O)c1ccn2c1NC(=O)CC2. The Morgan fingerprint density at radius 1 is 1.60 bits per heavy atom. The minimum atomic E-state index is -0.513. The third-order valence-electron chi connectivity index (χ3n) is 2.24. The van der Waals surface area contributed by atoms with Gasteiger partial charge in [0.1, 0.15) is 5.82 Å². The van der Waals surface area contributed by atoms with E-state index in [0.717, 1.165) is 0 Å². The highest BCUT2D eigenvalue weighted by atomic mass is 16.2. The Balaban J connectivity index is 2.34. The van der Waals surface area contributed by atoms with Crippen LogP contribution in [0, 0.1) is 0 Å². The van der Waals surface area contributed by atoms with Gasteiger partial charge in [0, 0.05) is 19.2 Å². The van der Waals surface area contributed by atoms with Crippen LogP contribution in [0.3, 0.4) is 0 Å². The van der Waals surface area contributed by atoms with Crippen molar-refractivity contribution in [2.45, 2.75) is 13.0 Å². The maximum Gasteiger partial charge on any atom is 0.261 e. The van der Waals surface area contributed by atoms with E-state index in [1.807, 2.05) is 5.32 Å². The first-order valence-electron chi connectivity index (χ1n) is 4.46. The predicted molar refractivity (Wildman–Crippen MR) is 51.2 cm³/mol. The van der Waals surface area contributed by atoms with E-state index in [-0.39, 0.29) is 5.91 Å². The molecule has 0 aromatic carbocycles. The smallest absolute Gasteiger partial charge is 0.261 e. The molecule has 3 amide bonds. The number of carbonyl (C=O) groups is 3. The maximum absolute atomic E-state index is 11.4. The molecule has 1 aromatic rings. The van der Waals surface area contributed by atoms with Gasteiger partial charge in [-0.1, -0.05) is 0 Å². The Kier molecular flexibility index (Phi) is 2.24. The zero-order valence-corrected chi connectivity index (χ0v) is 7.82. The molecule has 2 heterocycles. The van der Waals surface area contributed by atoms with Crippen LogP contribution >= 0.6 is 0 Å². The van der Waals surface area contributed by atoms with Gasteiger partial charge in [0.25, 0.3) is 5.91 Å². The molecule has 0 saturated heterocycles. The molecule has 15 heavy (non-hydrogen) atoms. The Labute approximate surface area is 85.3 Å². The summed E-state index contributed by atoms with van der Waals surface area (Å²) < 4.78 is 1.76. The molecule has 6 heteroatoms. The van der Waals surface area contributed by atoms with E-state index in [2.05, 4.69) is 5.32 Å². The molecule has 0 unspecified atom stereocenters. The Morgan fingerprint density at radius 3 is 3.13 bits per heavy atom. The second-order valence-corrected chi connectivity index (χ2v) is 3.16. The third kappa shape index (κ3) is 1.61. The number of aromatic nitrogens is 1. The zero-order valence-electron chi connectivity index (χ0n) is 7.82. The highest BCUT2D eigenvalue weighted by Gasteiger charge is 2.21. The summed E-state index contributed by atoms with van der Waals surface area (Å²) in [5, 5.41) is 4.62. The monoisotopic (exact) mass is 207 g/mol. The fraction of sp³-hybridized carbons (Fsp3) is 0.222. The molecule has 1 aromatic heterocycles. The van der Waals surface area contributed by atoms with Gasteiger partial charge >= 0.3 is 0 Å². The van der Waals surface area contributed by atoms with Crippen molar-refractivity contribution < 1.29 is 14.4 Å². The van der Waals surface area contributed by atoms with Crippen molar-refractivity contribution in [1.82, 2.24) is 9.88 Å². The second kappa shape index (κ2) is 3.56. The number of fused-ring (bicyclic) bond motifs is 1. The average Bonchev–Trinajstić information content (AvgIpc) is 2.60. The first-order chi connectivity index (χ1) is 7.22. The molecule has 78 valence electrons. The molecule has 0 saturated carbocycles. The molecule has 1 aliphatic heterocycles. The molecular formula is C9H9N3O3. The van der Waals surface area contributed by atoms with Gasteiger partial charge in [-0.3, -0.25) is 19.7 Å². The first kappa shape index (κ1) is 9.45. The van der Waals surface area contributed by atoms with E-state index in [0.29, 0.717) is 30.8 Å². The number of amides is 3. The fourth-order valence-electron chi connectivity index (χ4n) is 1.53. The van der Waals surface area contributed by atoms with Crippen molar-refractivity contribution in [3.8, 4) is 0 Å². The fourth-order valence-corrected chi connectivity index (χ4v) is 1.53. The molecular weight excluding hydrogens is 198 g/mol. The molecule has 2 N–H and O–H groups in total. The van der Waals surface area contributed by atoms with Gasteiger partial charge in [-0.2, -0.15) is 0 Å². The first-order valence-corrected chi connectivity index (χ1v) is 4.46. The van der Waals surface area contributed by atoms with Crippen molar-refractivity contribution in [1.29, 1.82) is 0 Å². The quantitative estimate of drug-likeness (QED) is 0.654. The lowest BCUT2D eigenvalue weighted by atomic mass is 10.2. The van der Waals surface area contributed by atoms with Crippen molar-refractivity contribution in [3.63, 3.8) is 0 Å². The molecule has 6 nitrogen and oxygen atoms in total. The molecule has 1 aliphatic rings. The summed E-state index contributed by atoms with van der Waals surface area (Å²) in [5.74, 6) is -0.187. The predicted octanol–water partition coefficient (Wildman–Crippen LogP) is -0.284. The summed E-state index contributed by atoms with van der Waals surface area (Å²) in [5.41, 5.74) is 0.301. The molecule has 0 atom stereocenters. The number of aryl methyl sites for hydroxylation is 1. The highest BCUT2D eigenvalue weighted by molar-refractivity contribution is 6.06. The van der Waals surface area contributed by atoms with Crippen molar-refractivity contribution in [2.24, 2.45) is 0 Å².